The molecule has 0 unspecified atom stereocenters. The largest absolute Gasteiger partial charge is 0.394 e. The highest BCUT2D eigenvalue weighted by molar-refractivity contribution is 9.10. The average Bonchev–Trinajstić information content (AvgIpc) is 3.65. The fourth-order valence-corrected chi connectivity index (χ4v) is 6.97. The number of ether oxygens (including phenoxy) is 3. The fraction of sp³-hybridized carbons (Fsp3) is 0.429. The Bertz CT molecular complexity index is 1690. The number of aliphatic hydroxyl groups is 9. The van der Waals surface area contributed by atoms with Gasteiger partial charge in [-0.1, -0.05) is 48.0 Å². The zero-order valence-corrected chi connectivity index (χ0v) is 24.9. The van der Waals surface area contributed by atoms with Crippen LogP contribution in [0.15, 0.2) is 60.9 Å². The second kappa shape index (κ2) is 10.7. The number of rotatable bonds is 6. The molecule has 238 valence electrons. The van der Waals surface area contributed by atoms with E-state index >= 15 is 0 Å². The summed E-state index contributed by atoms with van der Waals surface area (Å²) in [5.74, 6) is -3.48. The van der Waals surface area contributed by atoms with E-state index in [1.807, 2.05) is 0 Å². The Morgan fingerprint density at radius 2 is 1.39 bits per heavy atom. The molecule has 11 N–H and O–H groups in total. The van der Waals surface area contributed by atoms with E-state index in [0.29, 0.717) is 16.4 Å². The van der Waals surface area contributed by atoms with Crippen molar-refractivity contribution < 1.29 is 60.2 Å². The van der Waals surface area contributed by atoms with Crippen LogP contribution in [-0.2, 0) is 25.4 Å². The van der Waals surface area contributed by atoms with Crippen LogP contribution in [0.25, 0.3) is 21.8 Å². The number of H-pyrrole nitrogens is 2. The van der Waals surface area contributed by atoms with E-state index in [-0.39, 0.29) is 16.5 Å². The first-order valence-electron chi connectivity index (χ1n) is 13.4. The summed E-state index contributed by atoms with van der Waals surface area (Å²) in [6.07, 6.45) is -8.21. The third-order valence-corrected chi connectivity index (χ3v) is 10.4. The van der Waals surface area contributed by atoms with E-state index in [0.717, 1.165) is 0 Å². The normalized spacial score (nSPS) is 41.4. The fourth-order valence-electron chi connectivity index (χ4n) is 6.13. The van der Waals surface area contributed by atoms with E-state index in [9.17, 15) is 46.0 Å². The maximum Gasteiger partial charge on any atom is 0.315 e. The first kappa shape index (κ1) is 31.8. The van der Waals surface area contributed by atoms with Gasteiger partial charge in [-0.15, -0.1) is 0 Å². The molecule has 6 rings (SSSR count). The quantitative estimate of drug-likeness (QED) is 0.0878. The van der Waals surface area contributed by atoms with Crippen LogP contribution >= 0.6 is 27.5 Å². The number of hydrogen-bond donors (Lipinski definition) is 11. The van der Waals surface area contributed by atoms with Gasteiger partial charge in [-0.3, -0.25) is 9.47 Å². The molecule has 2 saturated heterocycles. The van der Waals surface area contributed by atoms with Gasteiger partial charge in [-0.25, -0.2) is 0 Å². The van der Waals surface area contributed by atoms with Gasteiger partial charge in [0, 0.05) is 45.3 Å². The Kier molecular flexibility index (Phi) is 7.72. The van der Waals surface area contributed by atoms with Crippen LogP contribution < -0.4 is 0 Å². The summed E-state index contributed by atoms with van der Waals surface area (Å²) < 4.78 is 13.8. The van der Waals surface area contributed by atoms with Crippen LogP contribution in [0.2, 0.25) is 0 Å². The van der Waals surface area contributed by atoms with Gasteiger partial charge in [0.05, 0.1) is 13.2 Å². The number of aromatic nitrogens is 2. The Labute approximate surface area is 261 Å². The number of halogens is 2. The predicted molar refractivity (Wildman–Crippen MR) is 155 cm³/mol. The SMILES string of the molecule is OC[C@H]1O[C@H](O[C@@]2(O)O[C@](Br)(CO)[C@@](O)(Cl)[C@@](O)(c3c[nH]c4ccccc34)[C@H]2O)[C@H](O)[C@](O)(c2c[nH]c3ccccc23)[C@H]1O. The maximum atomic E-state index is 12.1. The number of aromatic amines is 2. The van der Waals surface area contributed by atoms with E-state index in [1.165, 1.54) is 18.5 Å². The molecule has 4 heterocycles. The van der Waals surface area contributed by atoms with Crippen molar-refractivity contribution in [2.45, 2.75) is 57.5 Å². The van der Waals surface area contributed by atoms with Crippen LogP contribution in [0.5, 0.6) is 0 Å². The number of fused-ring (bicyclic) bond motifs is 2. The van der Waals surface area contributed by atoms with E-state index in [4.69, 9.17) is 25.8 Å². The maximum absolute atomic E-state index is 12.1. The molecule has 2 aliphatic heterocycles. The van der Waals surface area contributed by atoms with Crippen molar-refractivity contribution >= 4 is 49.3 Å². The molecule has 2 fully saturated rings. The van der Waals surface area contributed by atoms with Crippen LogP contribution in [0.3, 0.4) is 0 Å². The topological polar surface area (TPSA) is 241 Å². The lowest BCUT2D eigenvalue weighted by Gasteiger charge is -2.58. The van der Waals surface area contributed by atoms with Crippen LogP contribution in [0.1, 0.15) is 11.1 Å². The Morgan fingerprint density at radius 3 is 1.95 bits per heavy atom. The van der Waals surface area contributed by atoms with Crippen LogP contribution in [0.4, 0.5) is 0 Å². The monoisotopic (exact) mass is 700 g/mol. The summed E-state index contributed by atoms with van der Waals surface area (Å²) in [5.41, 5.74) is -5.02. The molecule has 0 bridgehead atoms. The molecule has 0 aliphatic carbocycles. The lowest BCUT2D eigenvalue weighted by Crippen LogP contribution is -2.79. The minimum atomic E-state index is -3.48. The summed E-state index contributed by atoms with van der Waals surface area (Å²) >= 11 is 9.38. The molecular weight excluding hydrogens is 672 g/mol. The highest BCUT2D eigenvalue weighted by atomic mass is 79.9. The van der Waals surface area contributed by atoms with Crippen LogP contribution in [-0.4, -0.2) is 115 Å². The molecule has 2 aromatic carbocycles. The van der Waals surface area contributed by atoms with Crippen molar-refractivity contribution in [3.8, 4) is 0 Å². The van der Waals surface area contributed by atoms with Crippen molar-refractivity contribution in [2.75, 3.05) is 13.2 Å². The molecular formula is C28H30BrClN2O12. The molecule has 0 saturated carbocycles. The van der Waals surface area contributed by atoms with Crippen molar-refractivity contribution in [1.82, 2.24) is 9.97 Å². The number of aliphatic hydroxyl groups excluding tert-OH is 5. The highest BCUT2D eigenvalue weighted by Gasteiger charge is 2.77. The lowest BCUT2D eigenvalue weighted by molar-refractivity contribution is -0.513. The summed E-state index contributed by atoms with van der Waals surface area (Å²) in [4.78, 5) is 5.76. The third-order valence-electron chi connectivity index (χ3n) is 8.56. The van der Waals surface area contributed by atoms with E-state index < -0.39 is 70.7 Å². The number of hydrogen-bond acceptors (Lipinski definition) is 12. The van der Waals surface area contributed by atoms with Crippen molar-refractivity contribution in [1.29, 1.82) is 0 Å². The first-order valence-corrected chi connectivity index (χ1v) is 14.6. The number of alkyl halides is 2. The Morgan fingerprint density at radius 1 is 0.841 bits per heavy atom. The predicted octanol–water partition coefficient (Wildman–Crippen LogP) is -0.772. The second-order valence-electron chi connectivity index (χ2n) is 11.0. The molecule has 4 aromatic rings. The van der Waals surface area contributed by atoms with E-state index in [1.54, 1.807) is 42.5 Å². The summed E-state index contributed by atoms with van der Waals surface area (Å²) in [5, 5.41) is 99.1. The summed E-state index contributed by atoms with van der Waals surface area (Å²) in [6.45, 7) is -2.12. The molecule has 10 atom stereocenters. The third kappa shape index (κ3) is 4.18. The highest BCUT2D eigenvalue weighted by Crippen LogP contribution is 2.58. The van der Waals surface area contributed by atoms with Crippen molar-refractivity contribution in [3.63, 3.8) is 0 Å². The van der Waals surface area contributed by atoms with Gasteiger partial charge in [0.2, 0.25) is 5.06 Å². The summed E-state index contributed by atoms with van der Waals surface area (Å²) in [7, 11) is 0. The van der Waals surface area contributed by atoms with Gasteiger partial charge in [-0.05, 0) is 28.1 Å². The summed E-state index contributed by atoms with van der Waals surface area (Å²) in [6, 6.07) is 13.0. The van der Waals surface area contributed by atoms with Gasteiger partial charge >= 0.3 is 5.97 Å². The Balaban J connectivity index is 1.45. The average molecular weight is 702 g/mol. The zero-order chi connectivity index (χ0) is 31.9. The first-order chi connectivity index (χ1) is 20.7. The Hall–Kier alpha value is -2.19. The van der Waals surface area contributed by atoms with Gasteiger partial charge in [0.15, 0.2) is 28.1 Å². The van der Waals surface area contributed by atoms with Crippen LogP contribution in [0, 0.1) is 0 Å². The van der Waals surface area contributed by atoms with Crippen molar-refractivity contribution in [3.05, 3.63) is 72.1 Å². The van der Waals surface area contributed by atoms with Gasteiger partial charge < -0.3 is 60.7 Å². The standard InChI is InChI=1S/C28H30BrClN2O12/c29-24(12-34)28(30,41)26(39,16-10-32-18-8-4-2-6-14(16)18)23(37)27(40,44-24)43-22-21(36)25(38,20(35)19(11-33)42-22)15-9-31-17-7-3-1-5-13(15)17/h1-10,19-23,31-41H,11-12H2/t19-,20+,21+,22-,23-,24-,25+,26-,27-,28+/m1/s1. The minimum Gasteiger partial charge on any atom is -0.394 e. The zero-order valence-electron chi connectivity index (χ0n) is 22.6. The molecule has 44 heavy (non-hydrogen) atoms. The molecule has 0 amide bonds. The number of benzene rings is 2. The van der Waals surface area contributed by atoms with Crippen molar-refractivity contribution in [2.24, 2.45) is 0 Å². The molecule has 14 nitrogen and oxygen atoms in total. The minimum absolute atomic E-state index is 0.0174. The molecule has 2 aliphatic rings. The molecule has 16 heteroatoms. The van der Waals surface area contributed by atoms with Gasteiger partial charge in [0.1, 0.15) is 18.3 Å². The second-order valence-corrected chi connectivity index (χ2v) is 12.8. The molecule has 2 aromatic heterocycles. The van der Waals surface area contributed by atoms with E-state index in [2.05, 4.69) is 25.9 Å². The lowest BCUT2D eigenvalue weighted by atomic mass is 9.76. The number of nitrogens with one attached hydrogen (secondary N) is 2. The molecule has 0 spiro atoms. The smallest absolute Gasteiger partial charge is 0.315 e. The van der Waals surface area contributed by atoms with Gasteiger partial charge in [0.25, 0.3) is 0 Å². The van der Waals surface area contributed by atoms with Gasteiger partial charge in [-0.2, -0.15) is 0 Å². The molecule has 0 radical (unpaired) electrons. The number of para-hydroxylation sites is 2.